The van der Waals surface area contributed by atoms with Gasteiger partial charge in [0.25, 0.3) is 0 Å². The van der Waals surface area contributed by atoms with Crippen LogP contribution < -0.4 is 5.32 Å². The third kappa shape index (κ3) is 2.25. The van der Waals surface area contributed by atoms with Crippen LogP contribution in [0.4, 0.5) is 0 Å². The van der Waals surface area contributed by atoms with Gasteiger partial charge in [0.1, 0.15) is 0 Å². The zero-order valence-corrected chi connectivity index (χ0v) is 10.9. The maximum Gasteiger partial charge on any atom is 0.0948 e. The molecule has 2 atom stereocenters. The van der Waals surface area contributed by atoms with Gasteiger partial charge in [-0.3, -0.25) is 0 Å². The Balaban J connectivity index is 1.70. The largest absolute Gasteiger partial charge is 0.334 e. The molecule has 3 rings (SSSR count). The van der Waals surface area contributed by atoms with Crippen molar-refractivity contribution in [2.24, 2.45) is 11.3 Å². The molecule has 0 aromatic carbocycles. The van der Waals surface area contributed by atoms with Crippen molar-refractivity contribution in [3.05, 3.63) is 18.2 Å². The Hall–Kier alpha value is -0.830. The highest BCUT2D eigenvalue weighted by Gasteiger charge is 2.45. The first-order valence-electron chi connectivity index (χ1n) is 6.87. The van der Waals surface area contributed by atoms with Gasteiger partial charge in [-0.2, -0.15) is 0 Å². The lowest BCUT2D eigenvalue weighted by molar-refractivity contribution is 0.426. The SMILES string of the molecule is CC1(C)CC1Cn1cncc1C1CCCNC1. The number of rotatable bonds is 3. The van der Waals surface area contributed by atoms with Gasteiger partial charge in [0, 0.05) is 30.9 Å². The number of piperidine rings is 1. The molecule has 2 fully saturated rings. The van der Waals surface area contributed by atoms with Gasteiger partial charge in [-0.1, -0.05) is 13.8 Å². The highest BCUT2D eigenvalue weighted by molar-refractivity contribution is 5.09. The van der Waals surface area contributed by atoms with E-state index >= 15 is 0 Å². The normalized spacial score (nSPS) is 31.4. The Morgan fingerprint density at radius 3 is 3.00 bits per heavy atom. The number of nitrogens with zero attached hydrogens (tertiary/aromatic N) is 2. The fourth-order valence-corrected chi connectivity index (χ4v) is 3.05. The number of hydrogen-bond acceptors (Lipinski definition) is 2. The Bertz CT molecular complexity index is 388. The molecule has 1 saturated carbocycles. The van der Waals surface area contributed by atoms with E-state index < -0.39 is 0 Å². The number of nitrogens with one attached hydrogen (secondary N) is 1. The van der Waals surface area contributed by atoms with E-state index in [-0.39, 0.29) is 0 Å². The Morgan fingerprint density at radius 2 is 2.35 bits per heavy atom. The van der Waals surface area contributed by atoms with E-state index in [2.05, 4.69) is 34.9 Å². The van der Waals surface area contributed by atoms with Crippen LogP contribution in [0, 0.1) is 11.3 Å². The summed E-state index contributed by atoms with van der Waals surface area (Å²) in [5.74, 6) is 1.53. The summed E-state index contributed by atoms with van der Waals surface area (Å²) in [4.78, 5) is 4.36. The second-order valence-electron chi connectivity index (χ2n) is 6.40. The molecule has 1 aliphatic carbocycles. The van der Waals surface area contributed by atoms with E-state index in [1.807, 2.05) is 6.33 Å². The fraction of sp³-hybridized carbons (Fsp3) is 0.786. The van der Waals surface area contributed by atoms with E-state index in [0.29, 0.717) is 11.3 Å². The second-order valence-corrected chi connectivity index (χ2v) is 6.40. The standard InChI is InChI=1S/C14H23N3/c1-14(2)6-12(14)9-17-10-16-8-13(17)11-4-3-5-15-7-11/h8,10-12,15H,3-7,9H2,1-2H3. The van der Waals surface area contributed by atoms with Crippen LogP contribution in [-0.2, 0) is 6.54 Å². The molecule has 2 heterocycles. The first kappa shape index (κ1) is 11.3. The molecule has 0 radical (unpaired) electrons. The molecular weight excluding hydrogens is 210 g/mol. The summed E-state index contributed by atoms with van der Waals surface area (Å²) in [6.07, 6.45) is 8.08. The van der Waals surface area contributed by atoms with Gasteiger partial charge in [0.15, 0.2) is 0 Å². The molecule has 3 heteroatoms. The molecule has 1 aliphatic heterocycles. The van der Waals surface area contributed by atoms with Crippen molar-refractivity contribution in [3.63, 3.8) is 0 Å². The predicted molar refractivity (Wildman–Crippen MR) is 69.0 cm³/mol. The minimum atomic E-state index is 0.562. The van der Waals surface area contributed by atoms with Crippen molar-refractivity contribution in [1.82, 2.24) is 14.9 Å². The predicted octanol–water partition coefficient (Wildman–Crippen LogP) is 2.40. The fourth-order valence-electron chi connectivity index (χ4n) is 3.05. The molecule has 1 N–H and O–H groups in total. The summed E-state index contributed by atoms with van der Waals surface area (Å²) in [6.45, 7) is 8.21. The van der Waals surface area contributed by atoms with Crippen LogP contribution in [-0.4, -0.2) is 22.6 Å². The Kier molecular flexibility index (Phi) is 2.74. The Labute approximate surface area is 104 Å². The highest BCUT2D eigenvalue weighted by Crippen LogP contribution is 2.52. The second kappa shape index (κ2) is 4.13. The molecule has 0 bridgehead atoms. The first-order valence-corrected chi connectivity index (χ1v) is 6.87. The maximum atomic E-state index is 4.36. The summed E-state index contributed by atoms with van der Waals surface area (Å²) in [7, 11) is 0. The van der Waals surface area contributed by atoms with Gasteiger partial charge in [-0.25, -0.2) is 4.98 Å². The summed E-state index contributed by atoms with van der Waals surface area (Å²) in [5.41, 5.74) is 2.01. The Morgan fingerprint density at radius 1 is 1.53 bits per heavy atom. The average molecular weight is 233 g/mol. The molecule has 2 aliphatic rings. The first-order chi connectivity index (χ1) is 8.17. The van der Waals surface area contributed by atoms with Crippen LogP contribution in [0.1, 0.15) is 44.7 Å². The lowest BCUT2D eigenvalue weighted by Gasteiger charge is -2.24. The van der Waals surface area contributed by atoms with Gasteiger partial charge >= 0.3 is 0 Å². The van der Waals surface area contributed by atoms with Gasteiger partial charge in [0.2, 0.25) is 0 Å². The molecule has 17 heavy (non-hydrogen) atoms. The van der Waals surface area contributed by atoms with E-state index in [9.17, 15) is 0 Å². The summed E-state index contributed by atoms with van der Waals surface area (Å²) < 4.78 is 2.40. The van der Waals surface area contributed by atoms with Crippen molar-refractivity contribution in [2.75, 3.05) is 13.1 Å². The molecule has 0 spiro atoms. The maximum absolute atomic E-state index is 4.36. The molecule has 1 saturated heterocycles. The quantitative estimate of drug-likeness (QED) is 0.869. The van der Waals surface area contributed by atoms with Gasteiger partial charge in [-0.05, 0) is 37.1 Å². The van der Waals surface area contributed by atoms with Crippen LogP contribution in [0.25, 0.3) is 0 Å². The lowest BCUT2D eigenvalue weighted by Crippen LogP contribution is -2.29. The van der Waals surface area contributed by atoms with E-state index in [4.69, 9.17) is 0 Å². The summed E-state index contributed by atoms with van der Waals surface area (Å²) >= 11 is 0. The van der Waals surface area contributed by atoms with Crippen LogP contribution in [0.5, 0.6) is 0 Å². The molecule has 0 amide bonds. The topological polar surface area (TPSA) is 29.9 Å². The number of hydrogen-bond donors (Lipinski definition) is 1. The van der Waals surface area contributed by atoms with Gasteiger partial charge < -0.3 is 9.88 Å². The molecule has 2 unspecified atom stereocenters. The van der Waals surface area contributed by atoms with Crippen molar-refractivity contribution in [2.45, 2.75) is 45.6 Å². The minimum absolute atomic E-state index is 0.562. The summed E-state index contributed by atoms with van der Waals surface area (Å²) in [5, 5.41) is 3.49. The van der Waals surface area contributed by atoms with Crippen molar-refractivity contribution in [1.29, 1.82) is 0 Å². The molecule has 3 nitrogen and oxygen atoms in total. The van der Waals surface area contributed by atoms with Crippen molar-refractivity contribution >= 4 is 0 Å². The number of imidazole rings is 1. The lowest BCUT2D eigenvalue weighted by atomic mass is 9.96. The average Bonchev–Trinajstić information content (AvgIpc) is 2.76. The molecule has 1 aromatic heterocycles. The van der Waals surface area contributed by atoms with Crippen molar-refractivity contribution < 1.29 is 0 Å². The molecule has 94 valence electrons. The van der Waals surface area contributed by atoms with Crippen LogP contribution >= 0.6 is 0 Å². The molecular formula is C14H23N3. The van der Waals surface area contributed by atoms with Gasteiger partial charge in [-0.15, -0.1) is 0 Å². The third-order valence-electron chi connectivity index (χ3n) is 4.59. The zero-order chi connectivity index (χ0) is 11.9. The molecule has 1 aromatic rings. The monoisotopic (exact) mass is 233 g/mol. The van der Waals surface area contributed by atoms with E-state index in [1.165, 1.54) is 38.0 Å². The van der Waals surface area contributed by atoms with E-state index in [0.717, 1.165) is 12.5 Å². The number of aromatic nitrogens is 2. The van der Waals surface area contributed by atoms with Crippen LogP contribution in [0.2, 0.25) is 0 Å². The van der Waals surface area contributed by atoms with E-state index in [1.54, 1.807) is 0 Å². The summed E-state index contributed by atoms with van der Waals surface area (Å²) in [6, 6.07) is 0. The van der Waals surface area contributed by atoms with Crippen LogP contribution in [0.15, 0.2) is 12.5 Å². The highest BCUT2D eigenvalue weighted by atomic mass is 15.1. The van der Waals surface area contributed by atoms with Gasteiger partial charge in [0.05, 0.1) is 6.33 Å². The zero-order valence-electron chi connectivity index (χ0n) is 10.9. The third-order valence-corrected chi connectivity index (χ3v) is 4.59. The van der Waals surface area contributed by atoms with Crippen molar-refractivity contribution in [3.8, 4) is 0 Å². The van der Waals surface area contributed by atoms with Crippen LogP contribution in [0.3, 0.4) is 0 Å². The minimum Gasteiger partial charge on any atom is -0.334 e. The smallest absolute Gasteiger partial charge is 0.0948 e.